The molecule has 0 aliphatic carbocycles. The van der Waals surface area contributed by atoms with Crippen LogP contribution in [0.2, 0.25) is 0 Å². The molecule has 0 heterocycles. The third-order valence-corrected chi connectivity index (χ3v) is 0.348. The van der Waals surface area contributed by atoms with Gasteiger partial charge < -0.3 is 9.53 Å². The molecule has 3 heteroatoms. The van der Waals surface area contributed by atoms with Crippen LogP contribution in [0.4, 0.5) is 0 Å². The molecule has 0 unspecified atom stereocenters. The molecule has 0 radical (unpaired) electrons. The number of carbonyl (C=O) groups is 2. The van der Waals surface area contributed by atoms with Crippen molar-refractivity contribution in [1.82, 2.24) is 0 Å². The molecule has 0 aromatic heterocycles. The summed E-state index contributed by atoms with van der Waals surface area (Å²) in [4.78, 5) is 17.8. The van der Waals surface area contributed by atoms with Gasteiger partial charge in [0, 0.05) is 6.92 Å². The van der Waals surface area contributed by atoms with Crippen molar-refractivity contribution in [3.05, 3.63) is 0 Å². The standard InChI is InChI=1S/C4H8O2.CH2O/c1-3-6-4(2)5;1-2/h3H2,1-2H3;1H2. The van der Waals surface area contributed by atoms with Gasteiger partial charge in [0.05, 0.1) is 6.61 Å². The van der Waals surface area contributed by atoms with Crippen LogP contribution in [0, 0.1) is 0 Å². The van der Waals surface area contributed by atoms with Crippen LogP contribution in [0.5, 0.6) is 0 Å². The molecule has 0 saturated carbocycles. The Morgan fingerprint density at radius 1 is 1.62 bits per heavy atom. The third-order valence-electron chi connectivity index (χ3n) is 0.348. The molecule has 0 atom stereocenters. The molecule has 0 fully saturated rings. The number of carbonyl (C=O) groups excluding carboxylic acids is 2. The second-order valence-electron chi connectivity index (χ2n) is 0.925. The predicted octanol–water partition coefficient (Wildman–Crippen LogP) is 0.385. The Kier molecular flexibility index (Phi) is 12.1. The van der Waals surface area contributed by atoms with Gasteiger partial charge in [0.15, 0.2) is 0 Å². The molecule has 0 saturated heterocycles. The topological polar surface area (TPSA) is 43.4 Å². The van der Waals surface area contributed by atoms with E-state index in [-0.39, 0.29) is 5.97 Å². The summed E-state index contributed by atoms with van der Waals surface area (Å²) in [7, 11) is 0. The number of hydrogen-bond acceptors (Lipinski definition) is 3. The van der Waals surface area contributed by atoms with Gasteiger partial charge in [-0.25, -0.2) is 0 Å². The third kappa shape index (κ3) is 19.2. The van der Waals surface area contributed by atoms with Crippen molar-refractivity contribution in [2.24, 2.45) is 0 Å². The van der Waals surface area contributed by atoms with Crippen LogP contribution in [-0.4, -0.2) is 19.4 Å². The van der Waals surface area contributed by atoms with Gasteiger partial charge in [-0.3, -0.25) is 4.79 Å². The first-order valence-corrected chi connectivity index (χ1v) is 2.19. The number of esters is 1. The Morgan fingerprint density at radius 3 is 2.00 bits per heavy atom. The fraction of sp³-hybridized carbons (Fsp3) is 0.600. The largest absolute Gasteiger partial charge is 0.466 e. The highest BCUT2D eigenvalue weighted by molar-refractivity contribution is 5.65. The van der Waals surface area contributed by atoms with Gasteiger partial charge >= 0.3 is 5.97 Å². The lowest BCUT2D eigenvalue weighted by atomic mass is 10.8. The van der Waals surface area contributed by atoms with Crippen LogP contribution >= 0.6 is 0 Å². The molecule has 0 aliphatic heterocycles. The summed E-state index contributed by atoms with van der Waals surface area (Å²) in [5.41, 5.74) is 0. The number of rotatable bonds is 1. The molecule has 48 valence electrons. The molecule has 0 aromatic carbocycles. The zero-order valence-corrected chi connectivity index (χ0v) is 5.14. The van der Waals surface area contributed by atoms with Crippen molar-refractivity contribution in [3.8, 4) is 0 Å². The van der Waals surface area contributed by atoms with Crippen LogP contribution in [0.25, 0.3) is 0 Å². The molecule has 0 rings (SSSR count). The molecule has 0 bridgehead atoms. The quantitative estimate of drug-likeness (QED) is 0.467. The van der Waals surface area contributed by atoms with E-state index in [1.165, 1.54) is 6.92 Å². The van der Waals surface area contributed by atoms with Gasteiger partial charge in [-0.2, -0.15) is 0 Å². The van der Waals surface area contributed by atoms with Gasteiger partial charge in [0.2, 0.25) is 0 Å². The maximum atomic E-state index is 9.82. The second-order valence-corrected chi connectivity index (χ2v) is 0.925. The molecule has 0 N–H and O–H groups in total. The van der Waals surface area contributed by atoms with Gasteiger partial charge in [0.25, 0.3) is 0 Å². The SMILES string of the molecule is C=O.CCOC(C)=O. The van der Waals surface area contributed by atoms with Gasteiger partial charge in [-0.05, 0) is 6.92 Å². The molecule has 0 amide bonds. The highest BCUT2D eigenvalue weighted by atomic mass is 16.5. The van der Waals surface area contributed by atoms with E-state index in [9.17, 15) is 4.79 Å². The summed E-state index contributed by atoms with van der Waals surface area (Å²) >= 11 is 0. The van der Waals surface area contributed by atoms with Crippen molar-refractivity contribution in [3.63, 3.8) is 0 Å². The van der Waals surface area contributed by atoms with Gasteiger partial charge in [-0.15, -0.1) is 0 Å². The predicted molar refractivity (Wildman–Crippen MR) is 29.4 cm³/mol. The first-order chi connectivity index (χ1) is 3.77. The van der Waals surface area contributed by atoms with Gasteiger partial charge in [-0.1, -0.05) is 0 Å². The summed E-state index contributed by atoms with van der Waals surface area (Å²) in [6, 6.07) is 0. The monoisotopic (exact) mass is 118 g/mol. The fourth-order valence-corrected chi connectivity index (χ4v) is 0.203. The zero-order valence-electron chi connectivity index (χ0n) is 5.14. The summed E-state index contributed by atoms with van der Waals surface area (Å²) < 4.78 is 4.40. The highest BCUT2D eigenvalue weighted by Crippen LogP contribution is 1.69. The molecule has 0 aliphatic rings. The molecule has 0 aromatic rings. The summed E-state index contributed by atoms with van der Waals surface area (Å²) in [6.45, 7) is 5.65. The second kappa shape index (κ2) is 9.46. The summed E-state index contributed by atoms with van der Waals surface area (Å²) in [6.07, 6.45) is 0. The van der Waals surface area contributed by atoms with E-state index in [0.717, 1.165) is 0 Å². The smallest absolute Gasteiger partial charge is 0.302 e. The lowest BCUT2D eigenvalue weighted by Crippen LogP contribution is -1.95. The van der Waals surface area contributed by atoms with Crippen molar-refractivity contribution in [1.29, 1.82) is 0 Å². The Morgan fingerprint density at radius 2 is 2.00 bits per heavy atom. The van der Waals surface area contributed by atoms with E-state index in [0.29, 0.717) is 6.61 Å². The summed E-state index contributed by atoms with van der Waals surface area (Å²) in [5, 5.41) is 0. The first-order valence-electron chi connectivity index (χ1n) is 2.19. The Bertz CT molecular complexity index is 60.7. The van der Waals surface area contributed by atoms with Crippen molar-refractivity contribution < 1.29 is 14.3 Å². The lowest BCUT2D eigenvalue weighted by molar-refractivity contribution is -0.140. The molecule has 8 heavy (non-hydrogen) atoms. The summed E-state index contributed by atoms with van der Waals surface area (Å²) in [5.74, 6) is -0.211. The van der Waals surface area contributed by atoms with Crippen molar-refractivity contribution in [2.75, 3.05) is 6.61 Å². The molecular weight excluding hydrogens is 108 g/mol. The van der Waals surface area contributed by atoms with E-state index < -0.39 is 0 Å². The van der Waals surface area contributed by atoms with Crippen molar-refractivity contribution >= 4 is 12.8 Å². The average molecular weight is 118 g/mol. The van der Waals surface area contributed by atoms with Crippen LogP contribution in [0.3, 0.4) is 0 Å². The lowest BCUT2D eigenvalue weighted by Gasteiger charge is -1.89. The van der Waals surface area contributed by atoms with E-state index in [1.54, 1.807) is 6.92 Å². The Hall–Kier alpha value is -0.860. The molecular formula is C5H10O3. The normalized spacial score (nSPS) is 6.25. The Labute approximate surface area is 48.6 Å². The fourth-order valence-electron chi connectivity index (χ4n) is 0.203. The maximum Gasteiger partial charge on any atom is 0.302 e. The number of ether oxygens (including phenoxy) is 1. The van der Waals surface area contributed by atoms with Crippen LogP contribution in [0.15, 0.2) is 0 Å². The van der Waals surface area contributed by atoms with Gasteiger partial charge in [0.1, 0.15) is 6.79 Å². The first kappa shape index (κ1) is 10.2. The van der Waals surface area contributed by atoms with E-state index in [4.69, 9.17) is 4.79 Å². The van der Waals surface area contributed by atoms with E-state index in [2.05, 4.69) is 4.74 Å². The minimum absolute atomic E-state index is 0.211. The van der Waals surface area contributed by atoms with Crippen molar-refractivity contribution in [2.45, 2.75) is 13.8 Å². The minimum Gasteiger partial charge on any atom is -0.466 e. The zero-order chi connectivity index (χ0) is 6.99. The molecule has 0 spiro atoms. The van der Waals surface area contributed by atoms with E-state index >= 15 is 0 Å². The maximum absolute atomic E-state index is 9.82. The van der Waals surface area contributed by atoms with Crippen LogP contribution in [0.1, 0.15) is 13.8 Å². The molecule has 3 nitrogen and oxygen atoms in total. The highest BCUT2D eigenvalue weighted by Gasteiger charge is 1.81. The Balaban J connectivity index is 0. The number of hydrogen-bond donors (Lipinski definition) is 0. The average Bonchev–Trinajstić information content (AvgIpc) is 1.72. The van der Waals surface area contributed by atoms with Crippen LogP contribution < -0.4 is 0 Å². The van der Waals surface area contributed by atoms with Crippen LogP contribution in [-0.2, 0) is 14.3 Å². The minimum atomic E-state index is -0.211. The van der Waals surface area contributed by atoms with E-state index in [1.807, 2.05) is 6.79 Å².